The van der Waals surface area contributed by atoms with Crippen molar-refractivity contribution in [2.75, 3.05) is 6.26 Å². The molecule has 0 radical (unpaired) electrons. The average molecular weight is 244 g/mol. The van der Waals surface area contributed by atoms with Crippen LogP contribution >= 0.6 is 27.7 Å². The van der Waals surface area contributed by atoms with Crippen molar-refractivity contribution in [2.24, 2.45) is 0 Å². The van der Waals surface area contributed by atoms with Crippen molar-refractivity contribution in [2.45, 2.75) is 5.16 Å². The van der Waals surface area contributed by atoms with Gasteiger partial charge in [0.1, 0.15) is 0 Å². The zero-order chi connectivity index (χ0) is 8.55. The first kappa shape index (κ1) is 8.07. The van der Waals surface area contributed by atoms with Crippen LogP contribution in [0.2, 0.25) is 0 Å². The maximum Gasteiger partial charge on any atom is 0.194 e. The summed E-state index contributed by atoms with van der Waals surface area (Å²) in [4.78, 5) is 0. The van der Waals surface area contributed by atoms with Crippen LogP contribution in [0.5, 0.6) is 0 Å². The molecule has 0 fully saturated rings. The third-order valence-corrected chi connectivity index (χ3v) is 2.78. The second-order valence-electron chi connectivity index (χ2n) is 2.24. The molecule has 3 nitrogen and oxygen atoms in total. The quantitative estimate of drug-likeness (QED) is 0.720. The Morgan fingerprint density at radius 1 is 1.50 bits per heavy atom. The first-order chi connectivity index (χ1) is 5.83. The molecule has 0 saturated heterocycles. The molecule has 0 unspecified atom stereocenters. The van der Waals surface area contributed by atoms with Gasteiger partial charge < -0.3 is 0 Å². The summed E-state index contributed by atoms with van der Waals surface area (Å²) in [6, 6.07) is 3.97. The molecule has 0 bridgehead atoms. The Labute approximate surface area is 82.3 Å². The number of hydrogen-bond acceptors (Lipinski definition) is 3. The number of nitrogens with zero attached hydrogens (tertiary/aromatic N) is 3. The molecular weight excluding hydrogens is 238 g/mol. The van der Waals surface area contributed by atoms with Crippen LogP contribution in [-0.2, 0) is 0 Å². The fraction of sp³-hybridized carbons (Fsp3) is 0.143. The van der Waals surface area contributed by atoms with Gasteiger partial charge in [-0.3, -0.25) is 4.40 Å². The van der Waals surface area contributed by atoms with E-state index in [9.17, 15) is 0 Å². The molecule has 5 heteroatoms. The Morgan fingerprint density at radius 2 is 2.33 bits per heavy atom. The van der Waals surface area contributed by atoms with Crippen LogP contribution in [0, 0.1) is 0 Å². The average Bonchev–Trinajstić information content (AvgIpc) is 2.54. The van der Waals surface area contributed by atoms with Gasteiger partial charge in [0, 0.05) is 6.20 Å². The van der Waals surface area contributed by atoms with Gasteiger partial charge in [-0.1, -0.05) is 11.8 Å². The van der Waals surface area contributed by atoms with Gasteiger partial charge >= 0.3 is 0 Å². The van der Waals surface area contributed by atoms with E-state index in [2.05, 4.69) is 26.1 Å². The highest BCUT2D eigenvalue weighted by molar-refractivity contribution is 9.10. The standard InChI is InChI=1S/C7H6BrN3S/c1-12-7-10-9-6(8)5-3-2-4-11(5)7/h2-4H,1H3. The van der Waals surface area contributed by atoms with Crippen molar-refractivity contribution in [3.63, 3.8) is 0 Å². The number of hydrogen-bond donors (Lipinski definition) is 0. The van der Waals surface area contributed by atoms with Crippen LogP contribution in [0.3, 0.4) is 0 Å². The number of halogens is 1. The lowest BCUT2D eigenvalue weighted by molar-refractivity contribution is 0.800. The zero-order valence-electron chi connectivity index (χ0n) is 6.36. The van der Waals surface area contributed by atoms with E-state index >= 15 is 0 Å². The minimum atomic E-state index is 0.783. The Hall–Kier alpha value is -0.550. The molecule has 0 amide bonds. The van der Waals surface area contributed by atoms with E-state index in [1.54, 1.807) is 11.8 Å². The second-order valence-corrected chi connectivity index (χ2v) is 3.77. The van der Waals surface area contributed by atoms with Gasteiger partial charge in [-0.15, -0.1) is 10.2 Å². The molecule has 2 heterocycles. The van der Waals surface area contributed by atoms with E-state index in [1.807, 2.05) is 29.0 Å². The topological polar surface area (TPSA) is 30.2 Å². The monoisotopic (exact) mass is 243 g/mol. The summed E-state index contributed by atoms with van der Waals surface area (Å²) in [5.74, 6) is 0. The van der Waals surface area contributed by atoms with Crippen LogP contribution in [0.15, 0.2) is 28.1 Å². The van der Waals surface area contributed by atoms with Crippen LogP contribution in [0.4, 0.5) is 0 Å². The Morgan fingerprint density at radius 3 is 3.08 bits per heavy atom. The van der Waals surface area contributed by atoms with Gasteiger partial charge in [-0.25, -0.2) is 0 Å². The van der Waals surface area contributed by atoms with Gasteiger partial charge in [-0.2, -0.15) is 0 Å². The highest BCUT2D eigenvalue weighted by Crippen LogP contribution is 2.19. The van der Waals surface area contributed by atoms with E-state index in [1.165, 1.54) is 0 Å². The lowest BCUT2D eigenvalue weighted by Gasteiger charge is -2.00. The smallest absolute Gasteiger partial charge is 0.194 e. The Bertz CT molecular complexity index is 412. The van der Waals surface area contributed by atoms with Crippen LogP contribution in [0.25, 0.3) is 5.52 Å². The first-order valence-corrected chi connectivity index (χ1v) is 5.38. The lowest BCUT2D eigenvalue weighted by Crippen LogP contribution is -1.95. The SMILES string of the molecule is CSc1nnc(Br)c2cccn12. The zero-order valence-corrected chi connectivity index (χ0v) is 8.76. The predicted octanol–water partition coefficient (Wildman–Crippen LogP) is 2.21. The molecule has 62 valence electrons. The summed E-state index contributed by atoms with van der Waals surface area (Å²) in [5, 5.41) is 8.90. The molecule has 0 aromatic carbocycles. The lowest BCUT2D eigenvalue weighted by atomic mass is 10.5. The molecule has 12 heavy (non-hydrogen) atoms. The number of aromatic nitrogens is 3. The number of rotatable bonds is 1. The second kappa shape index (κ2) is 3.06. The fourth-order valence-electron chi connectivity index (χ4n) is 1.04. The van der Waals surface area contributed by atoms with Crippen molar-refractivity contribution >= 4 is 33.2 Å². The molecule has 0 saturated carbocycles. The molecule has 2 aromatic rings. The molecule has 2 aromatic heterocycles. The minimum Gasteiger partial charge on any atom is -0.292 e. The maximum atomic E-state index is 4.03. The van der Waals surface area contributed by atoms with E-state index in [0.717, 1.165) is 15.3 Å². The molecule has 0 aliphatic rings. The van der Waals surface area contributed by atoms with E-state index < -0.39 is 0 Å². The third-order valence-electron chi connectivity index (χ3n) is 1.57. The maximum absolute atomic E-state index is 4.03. The summed E-state index contributed by atoms with van der Waals surface area (Å²) < 4.78 is 2.78. The van der Waals surface area contributed by atoms with Crippen LogP contribution < -0.4 is 0 Å². The van der Waals surface area contributed by atoms with E-state index in [-0.39, 0.29) is 0 Å². The summed E-state index contributed by atoms with van der Waals surface area (Å²) in [6.45, 7) is 0. The van der Waals surface area contributed by atoms with Gasteiger partial charge in [-0.05, 0) is 34.3 Å². The molecule has 0 spiro atoms. The van der Waals surface area contributed by atoms with E-state index in [0.29, 0.717) is 0 Å². The molecule has 0 N–H and O–H groups in total. The molecule has 0 aliphatic carbocycles. The number of thioether (sulfide) groups is 1. The summed E-state index contributed by atoms with van der Waals surface area (Å²) in [5.41, 5.74) is 1.05. The molecule has 0 atom stereocenters. The summed E-state index contributed by atoms with van der Waals surface area (Å²) >= 11 is 4.92. The van der Waals surface area contributed by atoms with Crippen LogP contribution in [0.1, 0.15) is 0 Å². The molecule has 0 aliphatic heterocycles. The predicted molar refractivity (Wildman–Crippen MR) is 52.5 cm³/mol. The largest absolute Gasteiger partial charge is 0.292 e. The van der Waals surface area contributed by atoms with Gasteiger partial charge in [0.05, 0.1) is 5.52 Å². The molecular formula is C7H6BrN3S. The van der Waals surface area contributed by atoms with Crippen LogP contribution in [-0.4, -0.2) is 20.9 Å². The normalized spacial score (nSPS) is 10.8. The van der Waals surface area contributed by atoms with Gasteiger partial charge in [0.2, 0.25) is 0 Å². The van der Waals surface area contributed by atoms with Gasteiger partial charge in [0.15, 0.2) is 9.76 Å². The minimum absolute atomic E-state index is 0.783. The molecule has 2 rings (SSSR count). The van der Waals surface area contributed by atoms with Crippen molar-refractivity contribution in [3.8, 4) is 0 Å². The third kappa shape index (κ3) is 1.13. The highest BCUT2D eigenvalue weighted by Gasteiger charge is 2.04. The summed E-state index contributed by atoms with van der Waals surface area (Å²) in [6.07, 6.45) is 3.96. The van der Waals surface area contributed by atoms with Crippen molar-refractivity contribution in [1.29, 1.82) is 0 Å². The van der Waals surface area contributed by atoms with Crippen molar-refractivity contribution in [3.05, 3.63) is 22.9 Å². The van der Waals surface area contributed by atoms with Crippen molar-refractivity contribution in [1.82, 2.24) is 14.6 Å². The Balaban J connectivity index is 2.82. The Kier molecular flexibility index (Phi) is 2.06. The van der Waals surface area contributed by atoms with Crippen molar-refractivity contribution < 1.29 is 0 Å². The van der Waals surface area contributed by atoms with E-state index in [4.69, 9.17) is 0 Å². The number of fused-ring (bicyclic) bond motifs is 1. The highest BCUT2D eigenvalue weighted by atomic mass is 79.9. The van der Waals surface area contributed by atoms with Gasteiger partial charge in [0.25, 0.3) is 0 Å². The fourth-order valence-corrected chi connectivity index (χ4v) is 1.92. The first-order valence-electron chi connectivity index (χ1n) is 3.36. The summed E-state index contributed by atoms with van der Waals surface area (Å²) in [7, 11) is 0.